The van der Waals surface area contributed by atoms with Crippen LogP contribution in [0.4, 0.5) is 4.79 Å². The predicted octanol–water partition coefficient (Wildman–Crippen LogP) is 1.37. The molecule has 2 amide bonds. The molecule has 0 aliphatic carbocycles. The Morgan fingerprint density at radius 3 is 2.52 bits per heavy atom. The maximum Gasteiger partial charge on any atom is 0.408 e. The summed E-state index contributed by atoms with van der Waals surface area (Å²) in [6.07, 6.45) is 1.29. The molecular weight excluding hydrogens is 276 g/mol. The largest absolute Gasteiger partial charge is 0.480 e. The van der Waals surface area contributed by atoms with Crippen molar-refractivity contribution in [2.45, 2.75) is 64.6 Å². The molecule has 1 aliphatic rings. The Morgan fingerprint density at radius 2 is 2.00 bits per heavy atom. The average molecular weight is 300 g/mol. The van der Waals surface area contributed by atoms with E-state index in [1.165, 1.54) is 11.8 Å². The summed E-state index contributed by atoms with van der Waals surface area (Å²) in [5.41, 5.74) is -0.647. The summed E-state index contributed by atoms with van der Waals surface area (Å²) in [4.78, 5) is 36.5. The summed E-state index contributed by atoms with van der Waals surface area (Å²) in [6.45, 7) is 7.07. The van der Waals surface area contributed by atoms with Gasteiger partial charge in [-0.2, -0.15) is 0 Å². The van der Waals surface area contributed by atoms with Gasteiger partial charge in [0.2, 0.25) is 5.91 Å². The van der Waals surface area contributed by atoms with E-state index < -0.39 is 29.7 Å². The first kappa shape index (κ1) is 17.3. The predicted molar refractivity (Wildman–Crippen MR) is 75.8 cm³/mol. The molecule has 7 nitrogen and oxygen atoms in total. The van der Waals surface area contributed by atoms with E-state index in [0.717, 1.165) is 12.8 Å². The molecule has 2 N–H and O–H groups in total. The first-order valence-corrected chi connectivity index (χ1v) is 7.14. The van der Waals surface area contributed by atoms with Crippen LogP contribution in [0.5, 0.6) is 0 Å². The third kappa shape index (κ3) is 5.24. The number of carbonyl (C=O) groups excluding carboxylic acids is 2. The summed E-state index contributed by atoms with van der Waals surface area (Å²) in [6, 6.07) is -1.64. The van der Waals surface area contributed by atoms with E-state index in [9.17, 15) is 14.4 Å². The van der Waals surface area contributed by atoms with E-state index in [-0.39, 0.29) is 5.91 Å². The van der Waals surface area contributed by atoms with Crippen molar-refractivity contribution in [2.75, 3.05) is 6.54 Å². The molecule has 1 aliphatic heterocycles. The highest BCUT2D eigenvalue weighted by atomic mass is 16.6. The summed E-state index contributed by atoms with van der Waals surface area (Å²) in [7, 11) is 0. The van der Waals surface area contributed by atoms with Gasteiger partial charge in [0, 0.05) is 6.54 Å². The molecule has 2 atom stereocenters. The summed E-state index contributed by atoms with van der Waals surface area (Å²) < 4.78 is 5.14. The third-order valence-electron chi connectivity index (χ3n) is 3.24. The zero-order valence-corrected chi connectivity index (χ0v) is 13.0. The lowest BCUT2D eigenvalue weighted by Gasteiger charge is -2.28. The van der Waals surface area contributed by atoms with E-state index in [1.807, 2.05) is 0 Å². The molecule has 0 unspecified atom stereocenters. The Balaban J connectivity index is 2.75. The fourth-order valence-corrected chi connectivity index (χ4v) is 2.17. The lowest BCUT2D eigenvalue weighted by Crippen LogP contribution is -2.52. The maximum atomic E-state index is 12.4. The number of rotatable bonds is 3. The molecule has 21 heavy (non-hydrogen) atoms. The molecule has 0 aromatic rings. The van der Waals surface area contributed by atoms with Crippen molar-refractivity contribution in [3.8, 4) is 0 Å². The van der Waals surface area contributed by atoms with Gasteiger partial charge in [-0.3, -0.25) is 4.79 Å². The van der Waals surface area contributed by atoms with E-state index >= 15 is 0 Å². The third-order valence-corrected chi connectivity index (χ3v) is 3.24. The van der Waals surface area contributed by atoms with Crippen LogP contribution in [0.25, 0.3) is 0 Å². The second kappa shape index (κ2) is 6.78. The van der Waals surface area contributed by atoms with Gasteiger partial charge >= 0.3 is 12.1 Å². The monoisotopic (exact) mass is 300 g/mol. The van der Waals surface area contributed by atoms with Crippen LogP contribution in [0.2, 0.25) is 0 Å². The Morgan fingerprint density at radius 1 is 1.38 bits per heavy atom. The van der Waals surface area contributed by atoms with Crippen molar-refractivity contribution in [2.24, 2.45) is 0 Å². The van der Waals surface area contributed by atoms with Crippen molar-refractivity contribution < 1.29 is 24.2 Å². The lowest BCUT2D eigenvalue weighted by molar-refractivity contribution is -0.149. The number of carbonyl (C=O) groups is 3. The van der Waals surface area contributed by atoms with Crippen LogP contribution >= 0.6 is 0 Å². The van der Waals surface area contributed by atoms with E-state index in [4.69, 9.17) is 9.84 Å². The Hall–Kier alpha value is -1.79. The molecule has 1 fully saturated rings. The first-order valence-electron chi connectivity index (χ1n) is 7.14. The minimum Gasteiger partial charge on any atom is -0.480 e. The van der Waals surface area contributed by atoms with Gasteiger partial charge in [-0.25, -0.2) is 9.59 Å². The molecule has 0 saturated carbocycles. The molecule has 1 heterocycles. The highest BCUT2D eigenvalue weighted by molar-refractivity contribution is 5.89. The molecule has 0 radical (unpaired) electrons. The zero-order chi connectivity index (χ0) is 16.2. The van der Waals surface area contributed by atoms with Gasteiger partial charge in [-0.1, -0.05) is 0 Å². The van der Waals surface area contributed by atoms with Crippen LogP contribution in [-0.4, -0.2) is 52.2 Å². The Bertz CT molecular complexity index is 416. The molecule has 1 rings (SSSR count). The smallest absolute Gasteiger partial charge is 0.408 e. The van der Waals surface area contributed by atoms with Gasteiger partial charge < -0.3 is 20.1 Å². The van der Waals surface area contributed by atoms with E-state index in [0.29, 0.717) is 13.0 Å². The topological polar surface area (TPSA) is 95.9 Å². The van der Waals surface area contributed by atoms with Gasteiger partial charge in [0.05, 0.1) is 0 Å². The highest BCUT2D eigenvalue weighted by Gasteiger charge is 2.34. The molecule has 0 bridgehead atoms. The van der Waals surface area contributed by atoms with Crippen LogP contribution in [-0.2, 0) is 14.3 Å². The summed E-state index contributed by atoms with van der Waals surface area (Å²) >= 11 is 0. The number of hydrogen-bond acceptors (Lipinski definition) is 4. The Kier molecular flexibility index (Phi) is 5.57. The molecule has 0 aromatic heterocycles. The van der Waals surface area contributed by atoms with Gasteiger partial charge in [0.15, 0.2) is 0 Å². The number of carboxylic acid groups (broad SMARTS) is 1. The average Bonchev–Trinajstić information content (AvgIpc) is 2.49. The molecule has 120 valence electrons. The number of aliphatic carboxylic acids is 1. The van der Waals surface area contributed by atoms with Gasteiger partial charge in [0.25, 0.3) is 0 Å². The number of likely N-dealkylation sites (tertiary alicyclic amines) is 1. The molecule has 0 aromatic carbocycles. The van der Waals surface area contributed by atoms with Crippen molar-refractivity contribution in [3.63, 3.8) is 0 Å². The molecule has 0 spiro atoms. The fourth-order valence-electron chi connectivity index (χ4n) is 2.17. The number of nitrogens with zero attached hydrogens (tertiary/aromatic N) is 1. The van der Waals surface area contributed by atoms with E-state index in [2.05, 4.69) is 5.32 Å². The Labute approximate surface area is 124 Å². The second-order valence-corrected chi connectivity index (χ2v) is 6.24. The van der Waals surface area contributed by atoms with Crippen LogP contribution in [0, 0.1) is 0 Å². The van der Waals surface area contributed by atoms with Crippen molar-refractivity contribution in [1.29, 1.82) is 0 Å². The molecular formula is C14H24N2O5. The first-order chi connectivity index (χ1) is 9.61. The van der Waals surface area contributed by atoms with E-state index in [1.54, 1.807) is 20.8 Å². The number of hydrogen-bond donors (Lipinski definition) is 2. The zero-order valence-electron chi connectivity index (χ0n) is 13.0. The minimum atomic E-state index is -1.05. The van der Waals surface area contributed by atoms with Crippen molar-refractivity contribution in [1.82, 2.24) is 10.2 Å². The molecule has 7 heteroatoms. The fraction of sp³-hybridized carbons (Fsp3) is 0.786. The van der Waals surface area contributed by atoms with Crippen LogP contribution in [0.3, 0.4) is 0 Å². The quantitative estimate of drug-likeness (QED) is 0.820. The number of nitrogens with one attached hydrogen (secondary N) is 1. The van der Waals surface area contributed by atoms with Gasteiger partial charge in [0.1, 0.15) is 17.7 Å². The second-order valence-electron chi connectivity index (χ2n) is 6.24. The number of alkyl carbamates (subject to hydrolysis) is 1. The molecule has 1 saturated heterocycles. The lowest BCUT2D eigenvalue weighted by atomic mass is 10.1. The van der Waals surface area contributed by atoms with Crippen LogP contribution in [0.1, 0.15) is 47.0 Å². The SMILES string of the molecule is C[C@H](C(=O)O)N1CCCC[C@H](NC(=O)OC(C)(C)C)C1=O. The number of amides is 2. The standard InChI is InChI=1S/C14H24N2O5/c1-9(12(18)19)16-8-6-5-7-10(11(16)17)15-13(20)21-14(2,3)4/h9-10H,5-8H2,1-4H3,(H,15,20)(H,18,19)/t9-,10+/m1/s1. The minimum absolute atomic E-state index is 0.367. The maximum absolute atomic E-state index is 12.4. The normalized spacial score (nSPS) is 21.4. The number of carboxylic acids is 1. The highest BCUT2D eigenvalue weighted by Crippen LogP contribution is 2.16. The van der Waals surface area contributed by atoms with Gasteiger partial charge in [-0.05, 0) is 47.0 Å². The number of ether oxygens (including phenoxy) is 1. The van der Waals surface area contributed by atoms with Gasteiger partial charge in [-0.15, -0.1) is 0 Å². The summed E-state index contributed by atoms with van der Waals surface area (Å²) in [5, 5.41) is 11.6. The summed E-state index contributed by atoms with van der Waals surface area (Å²) in [5.74, 6) is -1.42. The van der Waals surface area contributed by atoms with Crippen LogP contribution in [0.15, 0.2) is 0 Å². The van der Waals surface area contributed by atoms with Crippen molar-refractivity contribution >= 4 is 18.0 Å². The van der Waals surface area contributed by atoms with Crippen LogP contribution < -0.4 is 5.32 Å². The van der Waals surface area contributed by atoms with Crippen molar-refractivity contribution in [3.05, 3.63) is 0 Å².